The number of benzene rings is 1. The molecule has 1 aliphatic heterocycles. The van der Waals surface area contributed by atoms with Crippen molar-refractivity contribution in [2.75, 3.05) is 38.1 Å². The van der Waals surface area contributed by atoms with Crippen LogP contribution in [0, 0.1) is 0 Å². The number of hydrogen-bond donors (Lipinski definition) is 0. The zero-order valence-electron chi connectivity index (χ0n) is 11.6. The zero-order valence-corrected chi connectivity index (χ0v) is 12.3. The standard InChI is InChI=1S/C16H18ClN3/c1-19-8-10-20(11-9-19)16-7-6-13(12-18-16)14-4-2-3-5-15(14)17/h2-7,12H,8-11H2,1H3. The number of likely N-dealkylation sites (N-methyl/N-ethyl adjacent to an activating group) is 1. The minimum Gasteiger partial charge on any atom is -0.354 e. The SMILES string of the molecule is CN1CCN(c2ccc(-c3ccccc3Cl)cn2)CC1. The second kappa shape index (κ2) is 5.81. The Morgan fingerprint density at radius 1 is 1.00 bits per heavy atom. The first-order valence-corrected chi connectivity index (χ1v) is 7.26. The summed E-state index contributed by atoms with van der Waals surface area (Å²) in [6.07, 6.45) is 1.91. The molecule has 1 fully saturated rings. The smallest absolute Gasteiger partial charge is 0.128 e. The molecule has 3 nitrogen and oxygen atoms in total. The van der Waals surface area contributed by atoms with E-state index in [0.717, 1.165) is 48.1 Å². The van der Waals surface area contributed by atoms with Gasteiger partial charge in [-0.15, -0.1) is 0 Å². The van der Waals surface area contributed by atoms with Gasteiger partial charge in [0.05, 0.1) is 0 Å². The van der Waals surface area contributed by atoms with Gasteiger partial charge in [-0.2, -0.15) is 0 Å². The summed E-state index contributed by atoms with van der Waals surface area (Å²) in [6.45, 7) is 4.26. The monoisotopic (exact) mass is 287 g/mol. The molecule has 0 N–H and O–H groups in total. The fourth-order valence-electron chi connectivity index (χ4n) is 2.46. The van der Waals surface area contributed by atoms with Gasteiger partial charge in [-0.1, -0.05) is 29.8 Å². The largest absolute Gasteiger partial charge is 0.354 e. The maximum Gasteiger partial charge on any atom is 0.128 e. The molecule has 0 unspecified atom stereocenters. The van der Waals surface area contributed by atoms with Crippen molar-refractivity contribution in [1.29, 1.82) is 0 Å². The molecule has 0 radical (unpaired) electrons. The lowest BCUT2D eigenvalue weighted by Crippen LogP contribution is -2.44. The quantitative estimate of drug-likeness (QED) is 0.846. The highest BCUT2D eigenvalue weighted by Gasteiger charge is 2.15. The molecule has 1 aromatic heterocycles. The van der Waals surface area contributed by atoms with Crippen LogP contribution in [0.4, 0.5) is 5.82 Å². The number of piperazine rings is 1. The molecule has 2 aromatic rings. The fraction of sp³-hybridized carbons (Fsp3) is 0.312. The molecule has 0 amide bonds. The summed E-state index contributed by atoms with van der Waals surface area (Å²) in [5.41, 5.74) is 2.10. The molecule has 1 saturated heterocycles. The van der Waals surface area contributed by atoms with Crippen LogP contribution in [0.5, 0.6) is 0 Å². The van der Waals surface area contributed by atoms with Crippen molar-refractivity contribution in [2.24, 2.45) is 0 Å². The van der Waals surface area contributed by atoms with Crippen molar-refractivity contribution in [1.82, 2.24) is 9.88 Å². The zero-order chi connectivity index (χ0) is 13.9. The minimum absolute atomic E-state index is 0.765. The molecule has 3 rings (SSSR count). The van der Waals surface area contributed by atoms with Crippen molar-refractivity contribution < 1.29 is 0 Å². The van der Waals surface area contributed by atoms with Crippen molar-refractivity contribution in [3.63, 3.8) is 0 Å². The maximum absolute atomic E-state index is 6.22. The Kier molecular flexibility index (Phi) is 3.90. The van der Waals surface area contributed by atoms with Crippen LogP contribution >= 0.6 is 11.6 Å². The first kappa shape index (κ1) is 13.4. The van der Waals surface area contributed by atoms with Crippen LogP contribution in [0.25, 0.3) is 11.1 Å². The van der Waals surface area contributed by atoms with Gasteiger partial charge >= 0.3 is 0 Å². The van der Waals surface area contributed by atoms with E-state index < -0.39 is 0 Å². The average Bonchev–Trinajstić information content (AvgIpc) is 2.49. The number of rotatable bonds is 2. The maximum atomic E-state index is 6.22. The Morgan fingerprint density at radius 3 is 2.40 bits per heavy atom. The normalized spacial score (nSPS) is 16.4. The lowest BCUT2D eigenvalue weighted by molar-refractivity contribution is 0.312. The molecule has 0 saturated carbocycles. The predicted molar refractivity (Wildman–Crippen MR) is 84.4 cm³/mol. The third-order valence-electron chi connectivity index (χ3n) is 3.76. The Balaban J connectivity index is 1.80. The Bertz CT molecular complexity index is 575. The number of hydrogen-bond acceptors (Lipinski definition) is 3. The number of halogens is 1. The number of pyridine rings is 1. The summed E-state index contributed by atoms with van der Waals surface area (Å²) in [6, 6.07) is 12.1. The van der Waals surface area contributed by atoms with Crippen LogP contribution in [-0.4, -0.2) is 43.1 Å². The Morgan fingerprint density at radius 2 is 1.75 bits per heavy atom. The fourth-order valence-corrected chi connectivity index (χ4v) is 2.71. The van der Waals surface area contributed by atoms with Gasteiger partial charge in [0, 0.05) is 48.5 Å². The van der Waals surface area contributed by atoms with Gasteiger partial charge in [0.2, 0.25) is 0 Å². The van der Waals surface area contributed by atoms with Gasteiger partial charge in [0.15, 0.2) is 0 Å². The van der Waals surface area contributed by atoms with E-state index in [1.807, 2.05) is 30.5 Å². The molecular weight excluding hydrogens is 270 g/mol. The van der Waals surface area contributed by atoms with E-state index in [4.69, 9.17) is 11.6 Å². The lowest BCUT2D eigenvalue weighted by atomic mass is 10.1. The molecule has 0 spiro atoms. The summed E-state index contributed by atoms with van der Waals surface area (Å²) >= 11 is 6.22. The summed E-state index contributed by atoms with van der Waals surface area (Å²) < 4.78 is 0. The van der Waals surface area contributed by atoms with E-state index >= 15 is 0 Å². The summed E-state index contributed by atoms with van der Waals surface area (Å²) in [7, 11) is 2.16. The molecule has 0 aliphatic carbocycles. The summed E-state index contributed by atoms with van der Waals surface area (Å²) in [4.78, 5) is 9.27. The van der Waals surface area contributed by atoms with Crippen molar-refractivity contribution in [3.05, 3.63) is 47.6 Å². The first-order valence-electron chi connectivity index (χ1n) is 6.88. The van der Waals surface area contributed by atoms with Crippen LogP contribution in [0.3, 0.4) is 0 Å². The highest BCUT2D eigenvalue weighted by atomic mass is 35.5. The second-order valence-electron chi connectivity index (χ2n) is 5.18. The first-order chi connectivity index (χ1) is 9.74. The van der Waals surface area contributed by atoms with Crippen LogP contribution in [0.2, 0.25) is 5.02 Å². The molecule has 4 heteroatoms. The third kappa shape index (κ3) is 2.79. The van der Waals surface area contributed by atoms with Crippen molar-refractivity contribution in [2.45, 2.75) is 0 Å². The van der Waals surface area contributed by atoms with Crippen molar-refractivity contribution >= 4 is 17.4 Å². The third-order valence-corrected chi connectivity index (χ3v) is 4.09. The minimum atomic E-state index is 0.765. The lowest BCUT2D eigenvalue weighted by Gasteiger charge is -2.33. The molecule has 20 heavy (non-hydrogen) atoms. The number of nitrogens with zero attached hydrogens (tertiary/aromatic N) is 3. The highest BCUT2D eigenvalue weighted by Crippen LogP contribution is 2.28. The highest BCUT2D eigenvalue weighted by molar-refractivity contribution is 6.33. The van der Waals surface area contributed by atoms with Crippen molar-refractivity contribution in [3.8, 4) is 11.1 Å². The number of anilines is 1. The van der Waals surface area contributed by atoms with E-state index in [1.165, 1.54) is 0 Å². The Labute approximate surface area is 124 Å². The van der Waals surface area contributed by atoms with Gasteiger partial charge in [-0.25, -0.2) is 4.98 Å². The van der Waals surface area contributed by atoms with Gasteiger partial charge in [-0.3, -0.25) is 0 Å². The summed E-state index contributed by atoms with van der Waals surface area (Å²) in [5, 5.41) is 0.765. The number of aromatic nitrogens is 1. The summed E-state index contributed by atoms with van der Waals surface area (Å²) in [5.74, 6) is 1.05. The van der Waals surface area contributed by atoms with Gasteiger partial charge in [-0.05, 0) is 25.2 Å². The van der Waals surface area contributed by atoms with E-state index in [9.17, 15) is 0 Å². The van der Waals surface area contributed by atoms with E-state index in [-0.39, 0.29) is 0 Å². The molecule has 1 aromatic carbocycles. The second-order valence-corrected chi connectivity index (χ2v) is 5.58. The van der Waals surface area contributed by atoms with Crippen LogP contribution in [0.15, 0.2) is 42.6 Å². The van der Waals surface area contributed by atoms with Crippen LogP contribution < -0.4 is 4.90 Å². The molecular formula is C16H18ClN3. The topological polar surface area (TPSA) is 19.4 Å². The molecule has 0 atom stereocenters. The Hall–Kier alpha value is -1.58. The van der Waals surface area contributed by atoms with E-state index in [2.05, 4.69) is 34.0 Å². The van der Waals surface area contributed by atoms with Gasteiger partial charge < -0.3 is 9.80 Å². The van der Waals surface area contributed by atoms with E-state index in [1.54, 1.807) is 0 Å². The average molecular weight is 288 g/mol. The molecule has 2 heterocycles. The van der Waals surface area contributed by atoms with Crippen LogP contribution in [-0.2, 0) is 0 Å². The molecule has 1 aliphatic rings. The molecule has 104 valence electrons. The van der Waals surface area contributed by atoms with E-state index in [0.29, 0.717) is 0 Å². The predicted octanol–water partition coefficient (Wildman–Crippen LogP) is 3.15. The molecule has 0 bridgehead atoms. The van der Waals surface area contributed by atoms with Gasteiger partial charge in [0.25, 0.3) is 0 Å². The van der Waals surface area contributed by atoms with Crippen LogP contribution in [0.1, 0.15) is 0 Å². The van der Waals surface area contributed by atoms with Gasteiger partial charge in [0.1, 0.15) is 5.82 Å².